The van der Waals surface area contributed by atoms with Gasteiger partial charge in [0, 0.05) is 0 Å². The van der Waals surface area contributed by atoms with Crippen LogP contribution >= 0.6 is 0 Å². The summed E-state index contributed by atoms with van der Waals surface area (Å²) in [5.41, 5.74) is 6.57. The fraction of sp³-hybridized carbons (Fsp3) is 0.263. The molecule has 2 aromatic rings. The lowest BCUT2D eigenvalue weighted by Gasteiger charge is -2.15. The van der Waals surface area contributed by atoms with Crippen LogP contribution in [0.25, 0.3) is 0 Å². The van der Waals surface area contributed by atoms with Crippen molar-refractivity contribution in [1.29, 1.82) is 0 Å². The quantitative estimate of drug-likeness (QED) is 0.776. The minimum atomic E-state index is -0.874. The largest absolute Gasteiger partial charge is 0.484 e. The summed E-state index contributed by atoms with van der Waals surface area (Å²) in [5, 5.41) is 0. The molecule has 0 bridgehead atoms. The molecule has 0 spiro atoms. The standard InChI is InChI=1S/C19H21FN2O4/c1-12-8-13(2)10-17(9-12)25-11-18(23)21-22-19(24)14(3)26-16-6-4-15(20)5-7-16/h4-10,14H,11H2,1-3H3,(H,21,23)(H,22,24)/t14-/m1/s1. The number of carbonyl (C=O) groups is 2. The van der Waals surface area contributed by atoms with E-state index in [1.54, 1.807) is 0 Å². The number of ether oxygens (including phenoxy) is 2. The molecule has 0 saturated carbocycles. The van der Waals surface area contributed by atoms with Gasteiger partial charge < -0.3 is 9.47 Å². The zero-order valence-electron chi connectivity index (χ0n) is 14.8. The number of nitrogens with one attached hydrogen (secondary N) is 2. The van der Waals surface area contributed by atoms with E-state index in [0.717, 1.165) is 11.1 Å². The topological polar surface area (TPSA) is 76.7 Å². The van der Waals surface area contributed by atoms with Gasteiger partial charge in [-0.15, -0.1) is 0 Å². The van der Waals surface area contributed by atoms with Crippen molar-refractivity contribution >= 4 is 11.8 Å². The van der Waals surface area contributed by atoms with E-state index in [1.807, 2.05) is 32.0 Å². The highest BCUT2D eigenvalue weighted by atomic mass is 19.1. The van der Waals surface area contributed by atoms with Crippen molar-refractivity contribution in [3.8, 4) is 11.5 Å². The van der Waals surface area contributed by atoms with E-state index in [2.05, 4.69) is 10.9 Å². The summed E-state index contributed by atoms with van der Waals surface area (Å²) >= 11 is 0. The van der Waals surface area contributed by atoms with Crippen molar-refractivity contribution < 1.29 is 23.5 Å². The molecule has 0 aromatic heterocycles. The van der Waals surface area contributed by atoms with Crippen molar-refractivity contribution in [2.24, 2.45) is 0 Å². The second-order valence-electron chi connectivity index (χ2n) is 5.86. The summed E-state index contributed by atoms with van der Waals surface area (Å²) in [6, 6.07) is 10.9. The van der Waals surface area contributed by atoms with Gasteiger partial charge in [0.25, 0.3) is 11.8 Å². The average molecular weight is 360 g/mol. The van der Waals surface area contributed by atoms with Crippen LogP contribution in [0.4, 0.5) is 4.39 Å². The molecule has 2 N–H and O–H groups in total. The molecule has 0 unspecified atom stereocenters. The van der Waals surface area contributed by atoms with E-state index in [4.69, 9.17) is 9.47 Å². The predicted octanol–water partition coefficient (Wildman–Crippen LogP) is 2.44. The molecule has 2 aromatic carbocycles. The third-order valence-electron chi connectivity index (χ3n) is 3.39. The number of amides is 2. The summed E-state index contributed by atoms with van der Waals surface area (Å²) < 4.78 is 23.6. The molecule has 1 atom stereocenters. The molecular weight excluding hydrogens is 339 g/mol. The lowest BCUT2D eigenvalue weighted by atomic mass is 10.1. The van der Waals surface area contributed by atoms with Gasteiger partial charge in [0.2, 0.25) is 0 Å². The Balaban J connectivity index is 1.75. The molecule has 0 saturated heterocycles. The zero-order valence-corrected chi connectivity index (χ0v) is 14.8. The predicted molar refractivity (Wildman–Crippen MR) is 94.2 cm³/mol. The molecule has 0 aliphatic heterocycles. The number of hydrogen-bond acceptors (Lipinski definition) is 4. The first-order valence-electron chi connectivity index (χ1n) is 8.05. The molecule has 2 rings (SSSR count). The molecule has 6 nitrogen and oxygen atoms in total. The molecule has 0 heterocycles. The molecule has 0 aliphatic carbocycles. The highest BCUT2D eigenvalue weighted by Crippen LogP contribution is 2.16. The van der Waals surface area contributed by atoms with E-state index in [9.17, 15) is 14.0 Å². The Kier molecular flexibility index (Phi) is 6.54. The number of rotatable bonds is 6. The van der Waals surface area contributed by atoms with Gasteiger partial charge in [0.1, 0.15) is 17.3 Å². The Morgan fingerprint density at radius 2 is 1.62 bits per heavy atom. The van der Waals surface area contributed by atoms with Crippen molar-refractivity contribution in [1.82, 2.24) is 10.9 Å². The smallest absolute Gasteiger partial charge is 0.279 e. The fourth-order valence-corrected chi connectivity index (χ4v) is 2.20. The molecule has 138 valence electrons. The van der Waals surface area contributed by atoms with Gasteiger partial charge in [-0.1, -0.05) is 6.07 Å². The molecule has 7 heteroatoms. The van der Waals surface area contributed by atoms with Gasteiger partial charge in [0.05, 0.1) is 0 Å². The molecule has 0 aliphatic rings. The van der Waals surface area contributed by atoms with Crippen LogP contribution in [0.3, 0.4) is 0 Å². The monoisotopic (exact) mass is 360 g/mol. The number of aryl methyl sites for hydroxylation is 2. The van der Waals surface area contributed by atoms with E-state index < -0.39 is 23.7 Å². The molecule has 0 radical (unpaired) electrons. The Morgan fingerprint density at radius 3 is 2.23 bits per heavy atom. The van der Waals surface area contributed by atoms with Crippen LogP contribution in [0.5, 0.6) is 11.5 Å². The first kappa shape index (κ1) is 19.2. The lowest BCUT2D eigenvalue weighted by Crippen LogP contribution is -2.48. The maximum atomic E-state index is 12.8. The van der Waals surface area contributed by atoms with Gasteiger partial charge in [0.15, 0.2) is 12.7 Å². The maximum absolute atomic E-state index is 12.8. The van der Waals surface area contributed by atoms with Crippen LogP contribution in [0.2, 0.25) is 0 Å². The van der Waals surface area contributed by atoms with Gasteiger partial charge in [-0.2, -0.15) is 0 Å². The van der Waals surface area contributed by atoms with Gasteiger partial charge in [-0.05, 0) is 68.3 Å². The second-order valence-corrected chi connectivity index (χ2v) is 5.86. The first-order valence-corrected chi connectivity index (χ1v) is 8.05. The Labute approximate surface area is 151 Å². The van der Waals surface area contributed by atoms with Crippen LogP contribution in [-0.2, 0) is 9.59 Å². The van der Waals surface area contributed by atoms with Crippen LogP contribution in [0.1, 0.15) is 18.1 Å². The average Bonchev–Trinajstić information content (AvgIpc) is 2.59. The number of hydrazine groups is 1. The van der Waals surface area contributed by atoms with Crippen molar-refractivity contribution in [3.63, 3.8) is 0 Å². The van der Waals surface area contributed by atoms with Crippen LogP contribution in [0.15, 0.2) is 42.5 Å². The highest BCUT2D eigenvalue weighted by Gasteiger charge is 2.15. The van der Waals surface area contributed by atoms with Crippen molar-refractivity contribution in [2.75, 3.05) is 6.61 Å². The van der Waals surface area contributed by atoms with Gasteiger partial charge in [-0.25, -0.2) is 4.39 Å². The molecule has 26 heavy (non-hydrogen) atoms. The fourth-order valence-electron chi connectivity index (χ4n) is 2.20. The normalized spacial score (nSPS) is 11.4. The van der Waals surface area contributed by atoms with E-state index >= 15 is 0 Å². The number of halogens is 1. The lowest BCUT2D eigenvalue weighted by molar-refractivity contribution is -0.133. The van der Waals surface area contributed by atoms with Crippen LogP contribution in [0, 0.1) is 19.7 Å². The van der Waals surface area contributed by atoms with Crippen LogP contribution in [-0.4, -0.2) is 24.5 Å². The van der Waals surface area contributed by atoms with Gasteiger partial charge in [-0.3, -0.25) is 20.4 Å². The molecule has 0 fully saturated rings. The number of carbonyl (C=O) groups excluding carboxylic acids is 2. The molecular formula is C19H21FN2O4. The zero-order chi connectivity index (χ0) is 19.1. The van der Waals surface area contributed by atoms with Crippen molar-refractivity contribution in [2.45, 2.75) is 26.9 Å². The van der Waals surface area contributed by atoms with E-state index in [1.165, 1.54) is 31.2 Å². The summed E-state index contributed by atoms with van der Waals surface area (Å²) in [7, 11) is 0. The third-order valence-corrected chi connectivity index (χ3v) is 3.39. The minimum absolute atomic E-state index is 0.240. The summed E-state index contributed by atoms with van der Waals surface area (Å²) in [6.45, 7) is 5.14. The number of benzene rings is 2. The van der Waals surface area contributed by atoms with E-state index in [0.29, 0.717) is 11.5 Å². The Morgan fingerprint density at radius 1 is 1.00 bits per heavy atom. The Hall–Kier alpha value is -3.09. The summed E-state index contributed by atoms with van der Waals surface area (Å²) in [6.07, 6.45) is -0.874. The van der Waals surface area contributed by atoms with Crippen molar-refractivity contribution in [3.05, 3.63) is 59.4 Å². The SMILES string of the molecule is Cc1cc(C)cc(OCC(=O)NNC(=O)[C@@H](C)Oc2ccc(F)cc2)c1. The second kappa shape index (κ2) is 8.84. The minimum Gasteiger partial charge on any atom is -0.484 e. The summed E-state index contributed by atoms with van der Waals surface area (Å²) in [4.78, 5) is 23.7. The highest BCUT2D eigenvalue weighted by molar-refractivity contribution is 5.85. The summed E-state index contributed by atoms with van der Waals surface area (Å²) in [5.74, 6) is -0.526. The van der Waals surface area contributed by atoms with Gasteiger partial charge >= 0.3 is 0 Å². The van der Waals surface area contributed by atoms with Crippen LogP contribution < -0.4 is 20.3 Å². The Bertz CT molecular complexity index is 757. The first-order chi connectivity index (χ1) is 12.3. The third kappa shape index (κ3) is 6.08. The number of hydrogen-bond donors (Lipinski definition) is 2. The van der Waals surface area contributed by atoms with E-state index in [-0.39, 0.29) is 6.61 Å². The molecule has 2 amide bonds. The maximum Gasteiger partial charge on any atom is 0.279 e.